The molecule has 0 aromatic heterocycles. The van der Waals surface area contributed by atoms with Gasteiger partial charge in [0.05, 0.1) is 0 Å². The van der Waals surface area contributed by atoms with Crippen LogP contribution in [0.2, 0.25) is 0 Å². The lowest BCUT2D eigenvalue weighted by Crippen LogP contribution is -2.23. The Bertz CT molecular complexity index is 229. The molecule has 0 bridgehead atoms. The van der Waals surface area contributed by atoms with Crippen LogP contribution in [0.3, 0.4) is 0 Å². The summed E-state index contributed by atoms with van der Waals surface area (Å²) in [5.74, 6) is 2.76. The van der Waals surface area contributed by atoms with Gasteiger partial charge in [0, 0.05) is 6.42 Å². The van der Waals surface area contributed by atoms with Crippen molar-refractivity contribution < 1.29 is 0 Å². The Morgan fingerprint density at radius 2 is 2.31 bits per heavy atom. The minimum Gasteiger partial charge on any atom is -0.120 e. The molecule has 0 N–H and O–H groups in total. The van der Waals surface area contributed by atoms with Crippen LogP contribution < -0.4 is 0 Å². The predicted molar refractivity (Wildman–Crippen MR) is 58.4 cm³/mol. The lowest BCUT2D eigenvalue weighted by atomic mass is 9.69. The zero-order valence-electron chi connectivity index (χ0n) is 8.90. The van der Waals surface area contributed by atoms with Crippen LogP contribution in [-0.2, 0) is 0 Å². The highest BCUT2D eigenvalue weighted by molar-refractivity contribution is 5.15. The molecule has 0 nitrogen and oxygen atoms in total. The third-order valence-electron chi connectivity index (χ3n) is 3.37. The molecule has 0 aromatic carbocycles. The molecule has 1 saturated carbocycles. The topological polar surface area (TPSA) is 0 Å². The van der Waals surface area contributed by atoms with Crippen molar-refractivity contribution in [3.63, 3.8) is 0 Å². The van der Waals surface area contributed by atoms with Crippen LogP contribution >= 0.6 is 0 Å². The molecule has 1 aliphatic carbocycles. The Labute approximate surface area is 82.4 Å². The molecule has 0 heteroatoms. The van der Waals surface area contributed by atoms with Gasteiger partial charge < -0.3 is 0 Å². The first-order chi connectivity index (χ1) is 6.23. The van der Waals surface area contributed by atoms with Gasteiger partial charge in [-0.3, -0.25) is 0 Å². The Hall–Kier alpha value is -0.700. The maximum absolute atomic E-state index is 5.32. The van der Waals surface area contributed by atoms with E-state index in [1.54, 1.807) is 5.57 Å². The van der Waals surface area contributed by atoms with E-state index in [1.807, 2.05) is 0 Å². The molecule has 72 valence electrons. The molecule has 0 aromatic rings. The van der Waals surface area contributed by atoms with Crippen LogP contribution in [0.25, 0.3) is 0 Å². The second kappa shape index (κ2) is 4.51. The van der Waals surface area contributed by atoms with Gasteiger partial charge in [-0.1, -0.05) is 25.0 Å². The summed E-state index contributed by atoms with van der Waals surface area (Å²) in [6.07, 6.45) is 15.1. The molecule has 1 atom stereocenters. The Kier molecular flexibility index (Phi) is 3.60. The number of allylic oxidation sites excluding steroid dienone is 2. The molecule has 13 heavy (non-hydrogen) atoms. The summed E-state index contributed by atoms with van der Waals surface area (Å²) < 4.78 is 0. The molecule has 1 unspecified atom stereocenters. The van der Waals surface area contributed by atoms with Gasteiger partial charge in [0.15, 0.2) is 0 Å². The van der Waals surface area contributed by atoms with Gasteiger partial charge in [0.1, 0.15) is 0 Å². The summed E-state index contributed by atoms with van der Waals surface area (Å²) in [5.41, 5.74) is 2.05. The van der Waals surface area contributed by atoms with Gasteiger partial charge >= 0.3 is 0 Å². The third kappa shape index (κ3) is 2.37. The fourth-order valence-corrected chi connectivity index (χ4v) is 2.42. The minimum atomic E-state index is 0.416. The second-order valence-electron chi connectivity index (χ2n) is 4.29. The molecule has 0 radical (unpaired) electrons. The van der Waals surface area contributed by atoms with E-state index in [2.05, 4.69) is 25.8 Å². The molecular weight excluding hydrogens is 156 g/mol. The molecule has 1 aliphatic rings. The van der Waals surface area contributed by atoms with E-state index in [1.165, 1.54) is 32.1 Å². The van der Waals surface area contributed by atoms with E-state index in [-0.39, 0.29) is 0 Å². The first kappa shape index (κ1) is 10.4. The van der Waals surface area contributed by atoms with Crippen molar-refractivity contribution in [1.29, 1.82) is 0 Å². The third-order valence-corrected chi connectivity index (χ3v) is 3.37. The lowest BCUT2D eigenvalue weighted by molar-refractivity contribution is 0.284. The second-order valence-corrected chi connectivity index (χ2v) is 4.29. The molecule has 1 rings (SSSR count). The van der Waals surface area contributed by atoms with Crippen LogP contribution in [0.5, 0.6) is 0 Å². The van der Waals surface area contributed by atoms with Crippen molar-refractivity contribution in [3.8, 4) is 12.3 Å². The lowest BCUT2D eigenvalue weighted by Gasteiger charge is -2.36. The van der Waals surface area contributed by atoms with Crippen LogP contribution in [0.4, 0.5) is 0 Å². The quantitative estimate of drug-likeness (QED) is 0.442. The summed E-state index contributed by atoms with van der Waals surface area (Å²) in [6.45, 7) is 4.54. The largest absolute Gasteiger partial charge is 0.120 e. The molecule has 0 heterocycles. The van der Waals surface area contributed by atoms with E-state index in [0.717, 1.165) is 6.42 Å². The highest BCUT2D eigenvalue weighted by atomic mass is 14.3. The first-order valence-electron chi connectivity index (χ1n) is 5.32. The van der Waals surface area contributed by atoms with Gasteiger partial charge in [0.2, 0.25) is 0 Å². The highest BCUT2D eigenvalue weighted by Gasteiger charge is 2.29. The Balaban J connectivity index is 2.67. The highest BCUT2D eigenvalue weighted by Crippen LogP contribution is 2.43. The van der Waals surface area contributed by atoms with Crippen molar-refractivity contribution in [3.05, 3.63) is 11.6 Å². The summed E-state index contributed by atoms with van der Waals surface area (Å²) in [4.78, 5) is 0. The van der Waals surface area contributed by atoms with Crippen LogP contribution in [0.1, 0.15) is 52.4 Å². The van der Waals surface area contributed by atoms with Crippen molar-refractivity contribution in [2.45, 2.75) is 52.4 Å². The predicted octanol–water partition coefficient (Wildman–Crippen LogP) is 3.93. The monoisotopic (exact) mass is 176 g/mol. The van der Waals surface area contributed by atoms with Gasteiger partial charge in [-0.15, -0.1) is 12.3 Å². The van der Waals surface area contributed by atoms with Crippen LogP contribution in [-0.4, -0.2) is 0 Å². The summed E-state index contributed by atoms with van der Waals surface area (Å²) in [7, 11) is 0. The van der Waals surface area contributed by atoms with Crippen LogP contribution in [0.15, 0.2) is 11.6 Å². The molecule has 0 amide bonds. The zero-order valence-corrected chi connectivity index (χ0v) is 8.90. The van der Waals surface area contributed by atoms with E-state index < -0.39 is 0 Å². The van der Waals surface area contributed by atoms with E-state index in [4.69, 9.17) is 6.42 Å². The van der Waals surface area contributed by atoms with Gasteiger partial charge in [-0.25, -0.2) is 0 Å². The fraction of sp³-hybridized carbons (Fsp3) is 0.692. The Morgan fingerprint density at radius 1 is 1.54 bits per heavy atom. The summed E-state index contributed by atoms with van der Waals surface area (Å²) >= 11 is 0. The van der Waals surface area contributed by atoms with Crippen molar-refractivity contribution in [2.24, 2.45) is 5.41 Å². The van der Waals surface area contributed by atoms with Gasteiger partial charge in [-0.05, 0) is 38.0 Å². The molecule has 1 fully saturated rings. The van der Waals surface area contributed by atoms with E-state index >= 15 is 0 Å². The molecule has 0 saturated heterocycles. The van der Waals surface area contributed by atoms with Crippen molar-refractivity contribution >= 4 is 0 Å². The number of hydrogen-bond donors (Lipinski definition) is 0. The first-order valence-corrected chi connectivity index (χ1v) is 5.32. The average Bonchev–Trinajstić information content (AvgIpc) is 2.16. The zero-order chi connectivity index (χ0) is 9.73. The van der Waals surface area contributed by atoms with Gasteiger partial charge in [-0.2, -0.15) is 0 Å². The van der Waals surface area contributed by atoms with E-state index in [0.29, 0.717) is 5.41 Å². The molecule has 0 aliphatic heterocycles. The number of terminal acetylenes is 1. The summed E-state index contributed by atoms with van der Waals surface area (Å²) in [6, 6.07) is 0. The maximum Gasteiger partial charge on any atom is 0.00943 e. The molecular formula is C13H20. The summed E-state index contributed by atoms with van der Waals surface area (Å²) in [5, 5.41) is 0. The SMILES string of the molecule is C#CCCC1(C)CCCC/C1=C\C. The smallest absolute Gasteiger partial charge is 0.00943 e. The standard InChI is InChI=1S/C13H20/c1-4-6-10-13(3)11-8-7-9-12(13)5-2/h1,5H,6-11H2,2-3H3/b12-5+. The normalized spacial score (nSPS) is 31.6. The minimum absolute atomic E-state index is 0.416. The Morgan fingerprint density at radius 3 is 2.92 bits per heavy atom. The van der Waals surface area contributed by atoms with E-state index in [9.17, 15) is 0 Å². The van der Waals surface area contributed by atoms with Crippen molar-refractivity contribution in [2.75, 3.05) is 0 Å². The van der Waals surface area contributed by atoms with Crippen LogP contribution in [0, 0.1) is 17.8 Å². The van der Waals surface area contributed by atoms with Gasteiger partial charge in [0.25, 0.3) is 0 Å². The molecule has 0 spiro atoms. The number of rotatable bonds is 2. The average molecular weight is 176 g/mol. The van der Waals surface area contributed by atoms with Crippen molar-refractivity contribution in [1.82, 2.24) is 0 Å². The maximum atomic E-state index is 5.32. The number of hydrogen-bond acceptors (Lipinski definition) is 0. The fourth-order valence-electron chi connectivity index (χ4n) is 2.42.